The maximum atomic E-state index is 13.5. The zero-order valence-electron chi connectivity index (χ0n) is 9.02. The van der Waals surface area contributed by atoms with E-state index in [2.05, 4.69) is 5.32 Å². The third kappa shape index (κ3) is 1.93. The van der Waals surface area contributed by atoms with Crippen molar-refractivity contribution >= 4 is 11.0 Å². The molecule has 2 aromatic rings. The smallest absolute Gasteiger partial charge is 0.172 e. The minimum atomic E-state index is -0.529. The number of rotatable bonds is 4. The van der Waals surface area contributed by atoms with Gasteiger partial charge in [-0.15, -0.1) is 0 Å². The van der Waals surface area contributed by atoms with Gasteiger partial charge in [-0.05, 0) is 25.1 Å². The van der Waals surface area contributed by atoms with E-state index in [1.54, 1.807) is 0 Å². The minimum Gasteiger partial charge on any atom is -0.461 e. The number of hydrogen-bond acceptors (Lipinski definition) is 2. The molecule has 0 saturated heterocycles. The highest BCUT2D eigenvalue weighted by molar-refractivity contribution is 5.82. The molecule has 86 valence electrons. The predicted octanol–water partition coefficient (Wildman–Crippen LogP) is 3.21. The van der Waals surface area contributed by atoms with Crippen LogP contribution < -0.4 is 5.32 Å². The van der Waals surface area contributed by atoms with Crippen LogP contribution >= 0.6 is 0 Å². The first-order chi connectivity index (χ1) is 7.74. The molecule has 0 fully saturated rings. The molecule has 0 radical (unpaired) electrons. The molecule has 0 amide bonds. The number of fused-ring (bicyclic) bond motifs is 1. The average Bonchev–Trinajstić information content (AvgIpc) is 2.69. The quantitative estimate of drug-likeness (QED) is 0.808. The highest BCUT2D eigenvalue weighted by atomic mass is 19.1. The second-order valence-electron chi connectivity index (χ2n) is 3.67. The van der Waals surface area contributed by atoms with Crippen molar-refractivity contribution in [2.45, 2.75) is 19.9 Å². The molecule has 1 aromatic heterocycles. The Balaban J connectivity index is 2.36. The van der Waals surface area contributed by atoms with Crippen LogP contribution in [0.2, 0.25) is 0 Å². The molecule has 2 nitrogen and oxygen atoms in total. The van der Waals surface area contributed by atoms with Gasteiger partial charge >= 0.3 is 0 Å². The Kier molecular flexibility index (Phi) is 3.19. The number of hydrogen-bond donors (Lipinski definition) is 1. The van der Waals surface area contributed by atoms with Crippen LogP contribution in [-0.2, 0) is 6.54 Å². The molecule has 0 bridgehead atoms. The fourth-order valence-electron chi connectivity index (χ4n) is 1.67. The van der Waals surface area contributed by atoms with Crippen LogP contribution in [-0.4, -0.2) is 6.54 Å². The largest absolute Gasteiger partial charge is 0.461 e. The molecule has 1 N–H and O–H groups in total. The van der Waals surface area contributed by atoms with Gasteiger partial charge in [0.15, 0.2) is 11.4 Å². The molecule has 0 unspecified atom stereocenters. The van der Waals surface area contributed by atoms with E-state index in [-0.39, 0.29) is 11.0 Å². The van der Waals surface area contributed by atoms with E-state index in [9.17, 15) is 8.78 Å². The molecular formula is C12H13F2NO. The summed E-state index contributed by atoms with van der Waals surface area (Å²) in [6, 6.07) is 2.20. The van der Waals surface area contributed by atoms with Gasteiger partial charge in [0.25, 0.3) is 0 Å². The minimum absolute atomic E-state index is 0.00621. The van der Waals surface area contributed by atoms with Crippen LogP contribution in [0.1, 0.15) is 18.9 Å². The summed E-state index contributed by atoms with van der Waals surface area (Å²) in [4.78, 5) is 0. The van der Waals surface area contributed by atoms with Crippen molar-refractivity contribution in [2.75, 3.05) is 6.54 Å². The third-order valence-electron chi connectivity index (χ3n) is 2.44. The number of nitrogens with one attached hydrogen (secondary N) is 1. The molecule has 0 spiro atoms. The van der Waals surface area contributed by atoms with Gasteiger partial charge in [-0.25, -0.2) is 8.78 Å². The summed E-state index contributed by atoms with van der Waals surface area (Å²) in [6.07, 6.45) is 2.39. The van der Waals surface area contributed by atoms with Crippen LogP contribution in [0.5, 0.6) is 0 Å². The Labute approximate surface area is 92.2 Å². The van der Waals surface area contributed by atoms with Crippen molar-refractivity contribution in [1.29, 1.82) is 0 Å². The van der Waals surface area contributed by atoms with Crippen LogP contribution in [0.25, 0.3) is 11.0 Å². The molecule has 1 heterocycles. The van der Waals surface area contributed by atoms with Crippen molar-refractivity contribution in [3.63, 3.8) is 0 Å². The first-order valence-corrected chi connectivity index (χ1v) is 5.28. The van der Waals surface area contributed by atoms with E-state index < -0.39 is 11.6 Å². The third-order valence-corrected chi connectivity index (χ3v) is 2.44. The van der Waals surface area contributed by atoms with Crippen molar-refractivity contribution in [3.05, 3.63) is 35.6 Å². The van der Waals surface area contributed by atoms with Gasteiger partial charge in [0.1, 0.15) is 5.82 Å². The summed E-state index contributed by atoms with van der Waals surface area (Å²) in [5.74, 6) is -0.975. The zero-order valence-corrected chi connectivity index (χ0v) is 9.02. The van der Waals surface area contributed by atoms with Crippen LogP contribution in [0.15, 0.2) is 22.8 Å². The molecule has 16 heavy (non-hydrogen) atoms. The molecule has 0 aliphatic heterocycles. The fourth-order valence-corrected chi connectivity index (χ4v) is 1.67. The number of furan rings is 1. The van der Waals surface area contributed by atoms with Crippen molar-refractivity contribution < 1.29 is 13.2 Å². The second kappa shape index (κ2) is 4.61. The lowest BCUT2D eigenvalue weighted by Gasteiger charge is -2.01. The molecular weight excluding hydrogens is 212 g/mol. The van der Waals surface area contributed by atoms with Crippen molar-refractivity contribution in [3.8, 4) is 0 Å². The van der Waals surface area contributed by atoms with Crippen LogP contribution in [0.3, 0.4) is 0 Å². The summed E-state index contributed by atoms with van der Waals surface area (Å²) >= 11 is 0. The lowest BCUT2D eigenvalue weighted by molar-refractivity contribution is 0.552. The zero-order chi connectivity index (χ0) is 11.5. The van der Waals surface area contributed by atoms with Gasteiger partial charge in [0.2, 0.25) is 0 Å². The normalized spacial score (nSPS) is 11.2. The molecule has 4 heteroatoms. The van der Waals surface area contributed by atoms with Crippen molar-refractivity contribution in [1.82, 2.24) is 5.32 Å². The topological polar surface area (TPSA) is 25.2 Å². The summed E-state index contributed by atoms with van der Waals surface area (Å²) in [5.41, 5.74) is 0.647. The number of halogens is 2. The molecule has 0 saturated carbocycles. The second-order valence-corrected chi connectivity index (χ2v) is 3.67. The van der Waals surface area contributed by atoms with Gasteiger partial charge in [-0.1, -0.05) is 6.92 Å². The van der Waals surface area contributed by atoms with Gasteiger partial charge in [-0.3, -0.25) is 0 Å². The summed E-state index contributed by atoms with van der Waals surface area (Å²) in [7, 11) is 0. The fraction of sp³-hybridized carbons (Fsp3) is 0.333. The highest BCUT2D eigenvalue weighted by Gasteiger charge is 2.14. The van der Waals surface area contributed by atoms with Gasteiger partial charge in [-0.2, -0.15) is 0 Å². The van der Waals surface area contributed by atoms with Crippen LogP contribution in [0, 0.1) is 11.6 Å². The first-order valence-electron chi connectivity index (χ1n) is 5.28. The Bertz CT molecular complexity index is 493. The van der Waals surface area contributed by atoms with E-state index in [4.69, 9.17) is 4.42 Å². The van der Waals surface area contributed by atoms with E-state index in [1.165, 1.54) is 6.26 Å². The number of benzene rings is 1. The monoisotopic (exact) mass is 225 g/mol. The summed E-state index contributed by atoms with van der Waals surface area (Å²) in [6.45, 7) is 3.37. The Morgan fingerprint density at radius 2 is 2.00 bits per heavy atom. The Hall–Kier alpha value is -1.42. The molecule has 0 aliphatic carbocycles. The van der Waals surface area contributed by atoms with Gasteiger partial charge in [0.05, 0.1) is 11.6 Å². The van der Waals surface area contributed by atoms with E-state index in [0.29, 0.717) is 12.1 Å². The molecule has 0 atom stereocenters. The van der Waals surface area contributed by atoms with Gasteiger partial charge in [0, 0.05) is 12.1 Å². The van der Waals surface area contributed by atoms with E-state index in [1.807, 2.05) is 6.92 Å². The molecule has 0 aliphatic rings. The SMILES string of the molecule is CCCNCc1coc2c(F)ccc(F)c12. The maximum absolute atomic E-state index is 13.5. The van der Waals surface area contributed by atoms with Gasteiger partial charge < -0.3 is 9.73 Å². The maximum Gasteiger partial charge on any atom is 0.172 e. The van der Waals surface area contributed by atoms with E-state index >= 15 is 0 Å². The lowest BCUT2D eigenvalue weighted by Crippen LogP contribution is -2.13. The van der Waals surface area contributed by atoms with Crippen molar-refractivity contribution in [2.24, 2.45) is 0 Å². The first kappa shape index (κ1) is 11.1. The summed E-state index contributed by atoms with van der Waals surface area (Å²) in [5, 5.41) is 3.37. The van der Waals surface area contributed by atoms with E-state index in [0.717, 1.165) is 25.1 Å². The molecule has 2 rings (SSSR count). The van der Waals surface area contributed by atoms with Crippen LogP contribution in [0.4, 0.5) is 8.78 Å². The summed E-state index contributed by atoms with van der Waals surface area (Å²) < 4.78 is 31.8. The Morgan fingerprint density at radius 1 is 1.25 bits per heavy atom. The lowest BCUT2D eigenvalue weighted by atomic mass is 10.1. The Morgan fingerprint density at radius 3 is 2.75 bits per heavy atom. The molecule has 1 aromatic carbocycles. The standard InChI is InChI=1S/C12H13F2NO/c1-2-5-15-6-8-7-16-12-10(14)4-3-9(13)11(8)12/h3-4,7,15H,2,5-6H2,1H3. The average molecular weight is 225 g/mol. The highest BCUT2D eigenvalue weighted by Crippen LogP contribution is 2.26. The predicted molar refractivity (Wildman–Crippen MR) is 58.1 cm³/mol.